The van der Waals surface area contributed by atoms with Gasteiger partial charge in [-0.2, -0.15) is 0 Å². The Kier molecular flexibility index (Phi) is 3.17. The number of anilines is 3. The van der Waals surface area contributed by atoms with Crippen LogP contribution in [0.15, 0.2) is 36.7 Å². The van der Waals surface area contributed by atoms with E-state index in [1.807, 2.05) is 0 Å². The molecule has 3 nitrogen and oxygen atoms in total. The highest BCUT2D eigenvalue weighted by Crippen LogP contribution is 2.33. The van der Waals surface area contributed by atoms with E-state index in [-0.39, 0.29) is 0 Å². The fraction of sp³-hybridized carbons (Fsp3) is 0. The Bertz CT molecular complexity index is 494. The number of pyridine rings is 1. The van der Waals surface area contributed by atoms with Crippen molar-refractivity contribution in [2.75, 3.05) is 11.1 Å². The molecule has 0 aliphatic carbocycles. The van der Waals surface area contributed by atoms with Gasteiger partial charge in [-0.1, -0.05) is 29.3 Å². The van der Waals surface area contributed by atoms with Gasteiger partial charge >= 0.3 is 0 Å². The van der Waals surface area contributed by atoms with Crippen molar-refractivity contribution in [1.82, 2.24) is 4.98 Å². The molecule has 0 atom stereocenters. The van der Waals surface area contributed by atoms with E-state index in [1.54, 1.807) is 36.7 Å². The van der Waals surface area contributed by atoms with Crippen LogP contribution < -0.4 is 11.1 Å². The number of nitrogens with zero attached hydrogens (tertiary/aromatic N) is 1. The molecule has 2 rings (SSSR count). The Morgan fingerprint density at radius 3 is 2.44 bits per heavy atom. The Morgan fingerprint density at radius 2 is 1.81 bits per heavy atom. The molecule has 0 bridgehead atoms. The molecule has 0 saturated heterocycles. The number of rotatable bonds is 2. The second kappa shape index (κ2) is 4.60. The minimum absolute atomic E-state index is 0.540. The molecule has 2 aromatic rings. The van der Waals surface area contributed by atoms with E-state index in [0.29, 0.717) is 21.4 Å². The molecule has 0 aliphatic heterocycles. The van der Waals surface area contributed by atoms with Crippen LogP contribution in [0.4, 0.5) is 17.1 Å². The second-order valence-corrected chi connectivity index (χ2v) is 4.00. The molecule has 0 spiro atoms. The van der Waals surface area contributed by atoms with Crippen LogP contribution in [0.3, 0.4) is 0 Å². The van der Waals surface area contributed by atoms with E-state index >= 15 is 0 Å². The molecule has 82 valence electrons. The molecule has 0 unspecified atom stereocenters. The van der Waals surface area contributed by atoms with Crippen molar-refractivity contribution in [2.24, 2.45) is 0 Å². The first-order valence-electron chi connectivity index (χ1n) is 4.59. The average Bonchev–Trinajstić information content (AvgIpc) is 2.26. The molecular weight excluding hydrogens is 245 g/mol. The number of hydrogen-bond acceptors (Lipinski definition) is 3. The van der Waals surface area contributed by atoms with Crippen LogP contribution >= 0.6 is 23.2 Å². The SMILES string of the molecule is Nc1cnccc1Nc1c(Cl)cccc1Cl. The number of benzene rings is 1. The topological polar surface area (TPSA) is 50.9 Å². The van der Waals surface area contributed by atoms with Crippen molar-refractivity contribution in [3.63, 3.8) is 0 Å². The Morgan fingerprint density at radius 1 is 1.12 bits per heavy atom. The molecule has 0 saturated carbocycles. The van der Waals surface area contributed by atoms with Crippen molar-refractivity contribution < 1.29 is 0 Å². The quantitative estimate of drug-likeness (QED) is 0.858. The summed E-state index contributed by atoms with van der Waals surface area (Å²) in [4.78, 5) is 3.90. The van der Waals surface area contributed by atoms with Crippen LogP contribution in [0.5, 0.6) is 0 Å². The highest BCUT2D eigenvalue weighted by molar-refractivity contribution is 6.39. The molecule has 5 heteroatoms. The maximum absolute atomic E-state index is 6.03. The van der Waals surface area contributed by atoms with Crippen LogP contribution in [-0.2, 0) is 0 Å². The number of para-hydroxylation sites is 1. The monoisotopic (exact) mass is 253 g/mol. The predicted octanol–water partition coefficient (Wildman–Crippen LogP) is 3.71. The van der Waals surface area contributed by atoms with Crippen LogP contribution in [-0.4, -0.2) is 4.98 Å². The Balaban J connectivity index is 2.38. The summed E-state index contributed by atoms with van der Waals surface area (Å²) in [5.74, 6) is 0. The first-order valence-corrected chi connectivity index (χ1v) is 5.34. The van der Waals surface area contributed by atoms with Gasteiger partial charge in [-0.05, 0) is 18.2 Å². The van der Waals surface area contributed by atoms with Gasteiger partial charge in [0.25, 0.3) is 0 Å². The lowest BCUT2D eigenvalue weighted by atomic mass is 10.3. The van der Waals surface area contributed by atoms with Gasteiger partial charge in [-0.3, -0.25) is 4.98 Å². The summed E-state index contributed by atoms with van der Waals surface area (Å²) in [6.07, 6.45) is 3.20. The Labute approximate surface area is 103 Å². The molecule has 1 aromatic heterocycles. The largest absolute Gasteiger partial charge is 0.396 e. The van der Waals surface area contributed by atoms with E-state index < -0.39 is 0 Å². The van der Waals surface area contributed by atoms with E-state index in [9.17, 15) is 0 Å². The van der Waals surface area contributed by atoms with Crippen molar-refractivity contribution in [3.8, 4) is 0 Å². The molecule has 16 heavy (non-hydrogen) atoms. The third-order valence-electron chi connectivity index (χ3n) is 2.07. The number of halogens is 2. The summed E-state index contributed by atoms with van der Waals surface area (Å²) in [6.45, 7) is 0. The summed E-state index contributed by atoms with van der Waals surface area (Å²) >= 11 is 12.1. The predicted molar refractivity (Wildman–Crippen MR) is 68.4 cm³/mol. The van der Waals surface area contributed by atoms with Crippen LogP contribution in [0, 0.1) is 0 Å². The number of nitrogen functional groups attached to an aromatic ring is 1. The minimum Gasteiger partial charge on any atom is -0.396 e. The zero-order valence-corrected chi connectivity index (χ0v) is 9.76. The highest BCUT2D eigenvalue weighted by atomic mass is 35.5. The van der Waals surface area contributed by atoms with E-state index in [1.165, 1.54) is 0 Å². The zero-order valence-electron chi connectivity index (χ0n) is 8.24. The number of hydrogen-bond donors (Lipinski definition) is 2. The lowest BCUT2D eigenvalue weighted by Gasteiger charge is -2.11. The molecule has 3 N–H and O–H groups in total. The van der Waals surface area contributed by atoms with Crippen LogP contribution in [0.2, 0.25) is 10.0 Å². The maximum Gasteiger partial charge on any atom is 0.0763 e. The fourth-order valence-corrected chi connectivity index (χ4v) is 1.76. The van der Waals surface area contributed by atoms with E-state index in [4.69, 9.17) is 28.9 Å². The lowest BCUT2D eigenvalue weighted by molar-refractivity contribution is 1.33. The van der Waals surface area contributed by atoms with E-state index in [0.717, 1.165) is 5.69 Å². The van der Waals surface area contributed by atoms with Crippen molar-refractivity contribution in [2.45, 2.75) is 0 Å². The van der Waals surface area contributed by atoms with Gasteiger partial charge in [0.15, 0.2) is 0 Å². The smallest absolute Gasteiger partial charge is 0.0763 e. The summed E-state index contributed by atoms with van der Waals surface area (Å²) < 4.78 is 0. The van der Waals surface area contributed by atoms with Crippen molar-refractivity contribution in [1.29, 1.82) is 0 Å². The van der Waals surface area contributed by atoms with Gasteiger partial charge in [0.2, 0.25) is 0 Å². The first kappa shape index (κ1) is 11.0. The minimum atomic E-state index is 0.540. The maximum atomic E-state index is 6.03. The van der Waals surface area contributed by atoms with Gasteiger partial charge in [-0.25, -0.2) is 0 Å². The molecule has 0 fully saturated rings. The number of nitrogens with one attached hydrogen (secondary N) is 1. The summed E-state index contributed by atoms with van der Waals surface area (Å²) in [6, 6.07) is 7.06. The van der Waals surface area contributed by atoms with Gasteiger partial charge in [0.05, 0.1) is 33.3 Å². The third-order valence-corrected chi connectivity index (χ3v) is 2.70. The van der Waals surface area contributed by atoms with Crippen molar-refractivity contribution in [3.05, 3.63) is 46.7 Å². The number of nitrogens with two attached hydrogens (primary N) is 1. The molecule has 1 aromatic carbocycles. The van der Waals surface area contributed by atoms with E-state index in [2.05, 4.69) is 10.3 Å². The average molecular weight is 254 g/mol. The Hall–Kier alpha value is -1.45. The number of aromatic nitrogens is 1. The summed E-state index contributed by atoms with van der Waals surface area (Å²) in [7, 11) is 0. The first-order chi connectivity index (χ1) is 7.68. The van der Waals surface area contributed by atoms with Gasteiger partial charge in [0, 0.05) is 6.20 Å². The molecular formula is C11H9Cl2N3. The van der Waals surface area contributed by atoms with Crippen molar-refractivity contribution >= 4 is 40.3 Å². The molecule has 0 aliphatic rings. The van der Waals surface area contributed by atoms with Gasteiger partial charge in [0.1, 0.15) is 0 Å². The highest BCUT2D eigenvalue weighted by Gasteiger charge is 2.06. The molecule has 0 radical (unpaired) electrons. The van der Waals surface area contributed by atoms with Gasteiger partial charge in [-0.15, -0.1) is 0 Å². The molecule has 0 amide bonds. The van der Waals surface area contributed by atoms with Crippen LogP contribution in [0.25, 0.3) is 0 Å². The second-order valence-electron chi connectivity index (χ2n) is 3.18. The summed E-state index contributed by atoms with van der Waals surface area (Å²) in [5, 5.41) is 4.17. The fourth-order valence-electron chi connectivity index (χ4n) is 1.27. The van der Waals surface area contributed by atoms with Gasteiger partial charge < -0.3 is 11.1 Å². The van der Waals surface area contributed by atoms with Crippen LogP contribution in [0.1, 0.15) is 0 Å². The normalized spacial score (nSPS) is 10.1. The standard InChI is InChI=1S/C11H9Cl2N3/c12-7-2-1-3-8(13)11(7)16-10-4-5-15-6-9(10)14/h1-6H,14H2,(H,15,16). The third kappa shape index (κ3) is 2.21. The molecule has 1 heterocycles. The lowest BCUT2D eigenvalue weighted by Crippen LogP contribution is -1.97. The zero-order chi connectivity index (χ0) is 11.5. The summed E-state index contributed by atoms with van der Waals surface area (Å²) in [5.41, 5.74) is 7.67.